The maximum absolute atomic E-state index is 13.3. The molecule has 5 rings (SSSR count). The van der Waals surface area contributed by atoms with Crippen LogP contribution in [0, 0.1) is 0 Å². The molecule has 0 aliphatic carbocycles. The molecule has 1 fully saturated rings. The van der Waals surface area contributed by atoms with Crippen LogP contribution in [0.25, 0.3) is 22.1 Å². The number of aliphatic hydroxyl groups excluding tert-OH is 1. The fourth-order valence-corrected chi connectivity index (χ4v) is 5.98. The monoisotopic (exact) mass is 536 g/mol. The molecular weight excluding hydrogens is 513 g/mol. The van der Waals surface area contributed by atoms with Gasteiger partial charge in [-0.2, -0.15) is 13.2 Å². The van der Waals surface area contributed by atoms with Gasteiger partial charge in [0.05, 0.1) is 22.7 Å². The number of halogens is 3. The third-order valence-corrected chi connectivity index (χ3v) is 7.97. The van der Waals surface area contributed by atoms with E-state index in [1.54, 1.807) is 28.8 Å². The summed E-state index contributed by atoms with van der Waals surface area (Å²) in [6.07, 6.45) is -2.33. The third-order valence-electron chi connectivity index (χ3n) is 6.29. The molecule has 10 nitrogen and oxygen atoms in total. The lowest BCUT2D eigenvalue weighted by atomic mass is 10.2. The number of carbonyl (C=O) groups is 1. The Bertz CT molecular complexity index is 1580. The van der Waals surface area contributed by atoms with Crippen molar-refractivity contribution in [1.29, 1.82) is 0 Å². The summed E-state index contributed by atoms with van der Waals surface area (Å²) < 4.78 is 67.0. The summed E-state index contributed by atoms with van der Waals surface area (Å²) in [5.74, 6) is 0.283. The highest BCUT2D eigenvalue weighted by Crippen LogP contribution is 2.35. The SMILES string of the molecule is CC(O)c1nc2cnc3c(ccn3S(=O)(=O)c3ccccc3)c2n1[C@@H]1CCN(C(=O)NCC(F)(F)F)C1. The van der Waals surface area contributed by atoms with Crippen LogP contribution in [0.2, 0.25) is 0 Å². The Kier molecular flexibility index (Phi) is 6.10. The van der Waals surface area contributed by atoms with Gasteiger partial charge in [0.15, 0.2) is 5.65 Å². The summed E-state index contributed by atoms with van der Waals surface area (Å²) in [7, 11) is -3.95. The molecule has 37 heavy (non-hydrogen) atoms. The van der Waals surface area contributed by atoms with Gasteiger partial charge < -0.3 is 19.9 Å². The second-order valence-corrected chi connectivity index (χ2v) is 10.7. The highest BCUT2D eigenvalue weighted by Gasteiger charge is 2.34. The molecule has 1 aliphatic rings. The van der Waals surface area contributed by atoms with E-state index in [-0.39, 0.29) is 29.5 Å². The molecule has 196 valence electrons. The summed E-state index contributed by atoms with van der Waals surface area (Å²) in [4.78, 5) is 22.5. The second-order valence-electron chi connectivity index (χ2n) is 8.84. The number of amides is 2. The van der Waals surface area contributed by atoms with Crippen LogP contribution in [-0.4, -0.2) is 68.8 Å². The van der Waals surface area contributed by atoms with Crippen molar-refractivity contribution in [2.45, 2.75) is 36.6 Å². The molecule has 0 spiro atoms. The van der Waals surface area contributed by atoms with Gasteiger partial charge in [0.25, 0.3) is 10.0 Å². The first-order valence-electron chi connectivity index (χ1n) is 11.4. The molecule has 14 heteroatoms. The Balaban J connectivity index is 1.57. The molecule has 2 amide bonds. The van der Waals surface area contributed by atoms with Gasteiger partial charge in [-0.05, 0) is 31.5 Å². The number of alkyl halides is 3. The minimum atomic E-state index is -4.53. The van der Waals surface area contributed by atoms with Gasteiger partial charge in [-0.25, -0.2) is 27.2 Å². The zero-order valence-electron chi connectivity index (χ0n) is 19.6. The molecule has 2 atom stereocenters. The van der Waals surface area contributed by atoms with Crippen molar-refractivity contribution < 1.29 is 31.5 Å². The fourth-order valence-electron chi connectivity index (χ4n) is 4.65. The number of aromatic nitrogens is 4. The molecule has 1 aliphatic heterocycles. The molecule has 3 aromatic heterocycles. The van der Waals surface area contributed by atoms with Crippen LogP contribution >= 0.6 is 0 Å². The lowest BCUT2D eigenvalue weighted by molar-refractivity contribution is -0.123. The molecule has 4 aromatic rings. The van der Waals surface area contributed by atoms with Gasteiger partial charge in [-0.15, -0.1) is 0 Å². The topological polar surface area (TPSA) is 122 Å². The van der Waals surface area contributed by atoms with Crippen LogP contribution < -0.4 is 5.32 Å². The molecule has 1 unspecified atom stereocenters. The van der Waals surface area contributed by atoms with Crippen molar-refractivity contribution in [3.05, 3.63) is 54.6 Å². The molecule has 2 N–H and O–H groups in total. The number of hydrogen-bond acceptors (Lipinski definition) is 6. The Morgan fingerprint density at radius 1 is 1.24 bits per heavy atom. The Labute approximate surface area is 209 Å². The van der Waals surface area contributed by atoms with Crippen molar-refractivity contribution >= 4 is 38.1 Å². The smallest absolute Gasteiger partial charge is 0.385 e. The van der Waals surface area contributed by atoms with E-state index >= 15 is 0 Å². The van der Waals surface area contributed by atoms with E-state index < -0.39 is 40.9 Å². The first kappa shape index (κ1) is 25.0. The molecule has 0 saturated carbocycles. The number of nitrogens with zero attached hydrogens (tertiary/aromatic N) is 5. The Hall–Kier alpha value is -3.65. The van der Waals surface area contributed by atoms with Crippen molar-refractivity contribution in [2.24, 2.45) is 0 Å². The van der Waals surface area contributed by atoms with Crippen LogP contribution in [0.1, 0.15) is 31.3 Å². The number of carbonyl (C=O) groups excluding carboxylic acids is 1. The van der Waals surface area contributed by atoms with Gasteiger partial charge in [0.1, 0.15) is 24.0 Å². The molecule has 1 saturated heterocycles. The predicted molar refractivity (Wildman–Crippen MR) is 127 cm³/mol. The van der Waals surface area contributed by atoms with Crippen LogP contribution in [0.5, 0.6) is 0 Å². The number of urea groups is 1. The molecule has 0 bridgehead atoms. The summed E-state index contributed by atoms with van der Waals surface area (Å²) in [5.41, 5.74) is 1.09. The van der Waals surface area contributed by atoms with Gasteiger partial charge in [0.2, 0.25) is 0 Å². The van der Waals surface area contributed by atoms with Gasteiger partial charge >= 0.3 is 12.2 Å². The quantitative estimate of drug-likeness (QED) is 0.404. The van der Waals surface area contributed by atoms with E-state index in [4.69, 9.17) is 0 Å². The lowest BCUT2D eigenvalue weighted by Gasteiger charge is -2.20. The normalized spacial score (nSPS) is 17.5. The van der Waals surface area contributed by atoms with E-state index in [0.717, 1.165) is 3.97 Å². The zero-order valence-corrected chi connectivity index (χ0v) is 20.4. The summed E-state index contributed by atoms with van der Waals surface area (Å²) in [6.45, 7) is 0.373. The summed E-state index contributed by atoms with van der Waals surface area (Å²) >= 11 is 0. The van der Waals surface area contributed by atoms with Crippen LogP contribution in [0.3, 0.4) is 0 Å². The van der Waals surface area contributed by atoms with Crippen LogP contribution in [-0.2, 0) is 10.0 Å². The van der Waals surface area contributed by atoms with E-state index in [9.17, 15) is 31.5 Å². The first-order chi connectivity index (χ1) is 17.5. The number of benzene rings is 1. The Morgan fingerprint density at radius 3 is 2.65 bits per heavy atom. The number of likely N-dealkylation sites (tertiary alicyclic amines) is 1. The standard InChI is InChI=1S/C23H23F3N6O4S/c1-14(33)20-29-18-11-27-21-17(8-10-31(21)37(35,36)16-5-3-2-4-6-16)19(18)32(20)15-7-9-30(12-15)22(34)28-13-23(24,25)26/h2-6,8,10-11,14-15,33H,7,9,12-13H2,1H3,(H,28,34)/t14?,15-/m1/s1. The maximum Gasteiger partial charge on any atom is 0.405 e. The van der Waals surface area contributed by atoms with Gasteiger partial charge in [-0.3, -0.25) is 0 Å². The number of pyridine rings is 1. The van der Waals surface area contributed by atoms with Crippen LogP contribution in [0.15, 0.2) is 53.7 Å². The fraction of sp³-hybridized carbons (Fsp3) is 0.348. The average Bonchev–Trinajstić information content (AvgIpc) is 3.58. The van der Waals surface area contributed by atoms with Crippen molar-refractivity contribution in [1.82, 2.24) is 28.7 Å². The minimum absolute atomic E-state index is 0.0850. The van der Waals surface area contributed by atoms with E-state index in [2.05, 4.69) is 9.97 Å². The highest BCUT2D eigenvalue weighted by molar-refractivity contribution is 7.90. The maximum atomic E-state index is 13.3. The number of imidazole rings is 1. The van der Waals surface area contributed by atoms with E-state index in [1.807, 2.05) is 5.32 Å². The summed E-state index contributed by atoms with van der Waals surface area (Å²) in [5, 5.41) is 12.8. The molecule has 4 heterocycles. The minimum Gasteiger partial charge on any atom is -0.385 e. The number of fused-ring (bicyclic) bond motifs is 3. The number of hydrogen-bond donors (Lipinski definition) is 2. The largest absolute Gasteiger partial charge is 0.405 e. The average molecular weight is 537 g/mol. The zero-order chi connectivity index (χ0) is 26.5. The number of rotatable bonds is 5. The summed E-state index contributed by atoms with van der Waals surface area (Å²) in [6, 6.07) is 8.24. The van der Waals surface area contributed by atoms with Crippen molar-refractivity contribution in [3.8, 4) is 0 Å². The predicted octanol–water partition coefficient (Wildman–Crippen LogP) is 3.20. The lowest BCUT2D eigenvalue weighted by Crippen LogP contribution is -2.42. The second kappa shape index (κ2) is 9.03. The van der Waals surface area contributed by atoms with Crippen LogP contribution in [0.4, 0.5) is 18.0 Å². The number of nitrogens with one attached hydrogen (secondary N) is 1. The van der Waals surface area contributed by atoms with E-state index in [1.165, 1.54) is 36.4 Å². The molecule has 1 aromatic carbocycles. The van der Waals surface area contributed by atoms with Crippen molar-refractivity contribution in [3.63, 3.8) is 0 Å². The molecular formula is C23H23F3N6O4S. The molecule has 0 radical (unpaired) electrons. The highest BCUT2D eigenvalue weighted by atomic mass is 32.2. The number of aliphatic hydroxyl groups is 1. The van der Waals surface area contributed by atoms with Gasteiger partial charge in [-0.1, -0.05) is 18.2 Å². The van der Waals surface area contributed by atoms with E-state index in [0.29, 0.717) is 22.8 Å². The van der Waals surface area contributed by atoms with Crippen molar-refractivity contribution in [2.75, 3.05) is 19.6 Å². The van der Waals surface area contributed by atoms with Gasteiger partial charge in [0, 0.05) is 24.7 Å². The first-order valence-corrected chi connectivity index (χ1v) is 12.9. The Morgan fingerprint density at radius 2 is 1.97 bits per heavy atom. The third kappa shape index (κ3) is 4.50.